The van der Waals surface area contributed by atoms with Gasteiger partial charge >= 0.3 is 6.03 Å². The molecule has 0 spiro atoms. The van der Waals surface area contributed by atoms with Gasteiger partial charge in [-0.1, -0.05) is 6.92 Å². The largest absolute Gasteiger partial charge is 0.338 e. The number of urea groups is 1. The van der Waals surface area contributed by atoms with Crippen molar-refractivity contribution in [2.45, 2.75) is 26.3 Å². The summed E-state index contributed by atoms with van der Waals surface area (Å²) in [5, 5.41) is 6.94. The molecule has 2 heterocycles. The van der Waals surface area contributed by atoms with Gasteiger partial charge in [-0.25, -0.2) is 14.8 Å². The average Bonchev–Trinajstić information content (AvgIpc) is 3.08. The third-order valence-electron chi connectivity index (χ3n) is 3.46. The summed E-state index contributed by atoms with van der Waals surface area (Å²) in [6, 6.07) is -0.0768. The normalized spacial score (nSPS) is 10.7. The molecule has 0 atom stereocenters. The molecule has 2 aromatic rings. The van der Waals surface area contributed by atoms with Crippen LogP contribution in [0.4, 0.5) is 4.79 Å². The molecule has 22 heavy (non-hydrogen) atoms. The van der Waals surface area contributed by atoms with Gasteiger partial charge in [-0.05, 0) is 6.42 Å². The first-order valence-corrected chi connectivity index (χ1v) is 7.43. The summed E-state index contributed by atoms with van der Waals surface area (Å²) in [4.78, 5) is 22.5. The summed E-state index contributed by atoms with van der Waals surface area (Å²) >= 11 is 0. The molecule has 0 unspecified atom stereocenters. The van der Waals surface area contributed by atoms with Crippen molar-refractivity contribution in [1.29, 1.82) is 0 Å². The number of hydrogen-bond donors (Lipinski definition) is 1. The van der Waals surface area contributed by atoms with Gasteiger partial charge in [0.2, 0.25) is 0 Å². The fraction of sp³-hybridized carbons (Fsp3) is 0.571. The van der Waals surface area contributed by atoms with E-state index in [9.17, 15) is 4.79 Å². The smallest absolute Gasteiger partial charge is 0.317 e. The number of nitrogens with one attached hydrogen (secondary N) is 1. The number of hydrogen-bond acceptors (Lipinski definition) is 4. The lowest BCUT2D eigenvalue weighted by Crippen LogP contribution is -2.41. The van der Waals surface area contributed by atoms with Crippen LogP contribution >= 0.6 is 0 Å². The Morgan fingerprint density at radius 3 is 2.73 bits per heavy atom. The zero-order valence-corrected chi connectivity index (χ0v) is 13.4. The minimum Gasteiger partial charge on any atom is -0.338 e. The highest BCUT2D eigenvalue weighted by Gasteiger charge is 2.15. The minimum atomic E-state index is -0.0768. The van der Waals surface area contributed by atoms with Crippen molar-refractivity contribution in [3.8, 4) is 0 Å². The van der Waals surface area contributed by atoms with Crippen LogP contribution in [-0.2, 0) is 27.1 Å². The van der Waals surface area contributed by atoms with Crippen molar-refractivity contribution in [2.24, 2.45) is 14.1 Å². The molecule has 2 amide bonds. The van der Waals surface area contributed by atoms with Gasteiger partial charge in [-0.2, -0.15) is 5.10 Å². The highest BCUT2D eigenvalue weighted by molar-refractivity contribution is 5.74. The van der Waals surface area contributed by atoms with Crippen molar-refractivity contribution in [3.63, 3.8) is 0 Å². The monoisotopic (exact) mass is 305 g/mol. The van der Waals surface area contributed by atoms with Crippen molar-refractivity contribution in [1.82, 2.24) is 34.5 Å². The maximum atomic E-state index is 12.3. The van der Waals surface area contributed by atoms with E-state index in [2.05, 4.69) is 27.3 Å². The number of rotatable bonds is 7. The fourth-order valence-electron chi connectivity index (χ4n) is 2.18. The lowest BCUT2D eigenvalue weighted by atomic mass is 10.4. The summed E-state index contributed by atoms with van der Waals surface area (Å²) in [5.41, 5.74) is 0. The summed E-state index contributed by atoms with van der Waals surface area (Å²) < 4.78 is 3.64. The molecule has 8 nitrogen and oxygen atoms in total. The van der Waals surface area contributed by atoms with Gasteiger partial charge in [-0.15, -0.1) is 0 Å². The summed E-state index contributed by atoms with van der Waals surface area (Å²) in [5.74, 6) is 1.73. The van der Waals surface area contributed by atoms with Gasteiger partial charge in [0.15, 0.2) is 0 Å². The van der Waals surface area contributed by atoms with Gasteiger partial charge in [0.05, 0.1) is 6.54 Å². The second-order valence-electron chi connectivity index (χ2n) is 5.16. The molecule has 1 N–H and O–H groups in total. The molecule has 0 fully saturated rings. The number of nitrogens with zero attached hydrogens (tertiary/aromatic N) is 6. The first kappa shape index (κ1) is 16.0. The van der Waals surface area contributed by atoms with Crippen molar-refractivity contribution in [3.05, 3.63) is 30.4 Å². The molecule has 2 aromatic heterocycles. The molecule has 0 saturated carbocycles. The van der Waals surface area contributed by atoms with Crippen LogP contribution in [-0.4, -0.2) is 48.3 Å². The molecule has 0 aliphatic rings. The Morgan fingerprint density at radius 2 is 2.14 bits per heavy atom. The third kappa shape index (κ3) is 4.06. The van der Waals surface area contributed by atoms with Crippen molar-refractivity contribution >= 4 is 6.03 Å². The van der Waals surface area contributed by atoms with Crippen LogP contribution < -0.4 is 5.32 Å². The second-order valence-corrected chi connectivity index (χ2v) is 5.16. The number of carbonyl (C=O) groups excluding carboxylic acids is 1. The van der Waals surface area contributed by atoms with E-state index in [1.54, 1.807) is 15.8 Å². The number of aryl methyl sites for hydroxylation is 2. The van der Waals surface area contributed by atoms with Crippen LogP contribution in [0.5, 0.6) is 0 Å². The zero-order valence-electron chi connectivity index (χ0n) is 13.4. The number of aromatic nitrogens is 5. The van der Waals surface area contributed by atoms with E-state index in [-0.39, 0.29) is 6.03 Å². The van der Waals surface area contributed by atoms with Crippen LogP contribution in [0.25, 0.3) is 0 Å². The standard InChI is InChI=1S/C14H23N7O/c1-4-8-21(10-13-15-7-9-19(13)2)14(22)16-6-5-12-17-11-18-20(12)3/h7,9,11H,4-6,8,10H2,1-3H3,(H,16,22). The molecule has 0 bridgehead atoms. The number of carbonyl (C=O) groups is 1. The van der Waals surface area contributed by atoms with E-state index in [4.69, 9.17) is 0 Å². The Kier molecular flexibility index (Phi) is 5.51. The van der Waals surface area contributed by atoms with Crippen LogP contribution in [0.15, 0.2) is 18.7 Å². The molecule has 0 aliphatic carbocycles. The predicted molar refractivity (Wildman–Crippen MR) is 82.0 cm³/mol. The minimum absolute atomic E-state index is 0.0768. The van der Waals surface area contributed by atoms with Crippen LogP contribution in [0.3, 0.4) is 0 Å². The van der Waals surface area contributed by atoms with E-state index >= 15 is 0 Å². The van der Waals surface area contributed by atoms with Crippen molar-refractivity contribution < 1.29 is 4.79 Å². The lowest BCUT2D eigenvalue weighted by Gasteiger charge is -2.22. The molecule has 8 heteroatoms. The highest BCUT2D eigenvalue weighted by atomic mass is 16.2. The first-order valence-electron chi connectivity index (χ1n) is 7.43. The van der Waals surface area contributed by atoms with Crippen LogP contribution in [0.1, 0.15) is 25.0 Å². The Morgan fingerprint density at radius 1 is 1.32 bits per heavy atom. The summed E-state index contributed by atoms with van der Waals surface area (Å²) in [6.07, 6.45) is 6.70. The zero-order chi connectivity index (χ0) is 15.9. The molecular formula is C14H23N7O. The Bertz CT molecular complexity index is 604. The Labute approximate surface area is 130 Å². The average molecular weight is 305 g/mol. The molecule has 120 valence electrons. The fourth-order valence-corrected chi connectivity index (χ4v) is 2.18. The Balaban J connectivity index is 1.86. The third-order valence-corrected chi connectivity index (χ3v) is 3.46. The van der Waals surface area contributed by atoms with E-state index in [1.807, 2.05) is 24.9 Å². The molecule has 0 saturated heterocycles. The lowest BCUT2D eigenvalue weighted by molar-refractivity contribution is 0.193. The van der Waals surface area contributed by atoms with Crippen LogP contribution in [0.2, 0.25) is 0 Å². The van der Waals surface area contributed by atoms with Crippen LogP contribution in [0, 0.1) is 0 Å². The molecule has 0 radical (unpaired) electrons. The van der Waals surface area contributed by atoms with E-state index < -0.39 is 0 Å². The Hall–Kier alpha value is -2.38. The van der Waals surface area contributed by atoms with Crippen molar-refractivity contribution in [2.75, 3.05) is 13.1 Å². The van der Waals surface area contributed by atoms with Gasteiger partial charge in [0.1, 0.15) is 18.0 Å². The molecule has 2 rings (SSSR count). The first-order chi connectivity index (χ1) is 10.6. The molecular weight excluding hydrogens is 282 g/mol. The summed E-state index contributed by atoms with van der Waals surface area (Å²) in [6.45, 7) is 3.79. The maximum absolute atomic E-state index is 12.3. The SMILES string of the molecule is CCCN(Cc1nccn1C)C(=O)NCCc1ncnn1C. The van der Waals surface area contributed by atoms with E-state index in [0.29, 0.717) is 26.1 Å². The van der Waals surface area contributed by atoms with Gasteiger partial charge < -0.3 is 14.8 Å². The second kappa shape index (κ2) is 7.58. The van der Waals surface area contributed by atoms with E-state index in [0.717, 1.165) is 18.1 Å². The highest BCUT2D eigenvalue weighted by Crippen LogP contribution is 2.03. The van der Waals surface area contributed by atoms with Gasteiger partial charge in [0.25, 0.3) is 0 Å². The van der Waals surface area contributed by atoms with Gasteiger partial charge in [-0.3, -0.25) is 4.68 Å². The van der Waals surface area contributed by atoms with Gasteiger partial charge in [0, 0.05) is 46.0 Å². The quantitative estimate of drug-likeness (QED) is 0.817. The molecule has 0 aromatic carbocycles. The maximum Gasteiger partial charge on any atom is 0.317 e. The topological polar surface area (TPSA) is 80.9 Å². The predicted octanol–water partition coefficient (Wildman–Crippen LogP) is 0.713. The number of imidazole rings is 1. The number of amides is 2. The van der Waals surface area contributed by atoms with E-state index in [1.165, 1.54) is 6.33 Å². The summed E-state index contributed by atoms with van der Waals surface area (Å²) in [7, 11) is 3.77. The molecule has 0 aliphatic heterocycles.